The van der Waals surface area contributed by atoms with E-state index in [1.807, 2.05) is 0 Å². The minimum atomic E-state index is -1.03. The highest BCUT2D eigenvalue weighted by molar-refractivity contribution is 5.85. The van der Waals surface area contributed by atoms with Gasteiger partial charge >= 0.3 is 11.9 Å². The maximum atomic E-state index is 11.0. The van der Waals surface area contributed by atoms with Crippen LogP contribution in [0.1, 0.15) is 17.9 Å². The first-order valence-electron chi connectivity index (χ1n) is 4.89. The molecule has 6 heteroatoms. The Hall–Kier alpha value is -1.75. The Morgan fingerprint density at radius 2 is 1.88 bits per heavy atom. The zero-order valence-electron chi connectivity index (χ0n) is 8.79. The monoisotopic (exact) mass is 257 g/mol. The van der Waals surface area contributed by atoms with E-state index < -0.39 is 23.9 Å². The summed E-state index contributed by atoms with van der Waals surface area (Å²) < 4.78 is 0. The van der Waals surface area contributed by atoms with E-state index in [4.69, 9.17) is 10.2 Å². The molecule has 1 aliphatic heterocycles. The lowest BCUT2D eigenvalue weighted by atomic mass is 9.92. The number of nitrogens with one attached hydrogen (secondary N) is 1. The number of aliphatic carboxylic acids is 2. The van der Waals surface area contributed by atoms with Crippen LogP contribution >= 0.6 is 12.4 Å². The van der Waals surface area contributed by atoms with Crippen LogP contribution < -0.4 is 5.32 Å². The summed E-state index contributed by atoms with van der Waals surface area (Å²) >= 11 is 0. The number of carboxylic acids is 2. The summed E-state index contributed by atoms with van der Waals surface area (Å²) in [5.74, 6) is -2.52. The number of halogens is 1. The van der Waals surface area contributed by atoms with Gasteiger partial charge in [0.15, 0.2) is 0 Å². The van der Waals surface area contributed by atoms with Crippen molar-refractivity contribution in [2.24, 2.45) is 0 Å². The second kappa shape index (κ2) is 5.05. The fourth-order valence-electron chi connectivity index (χ4n) is 2.05. The standard InChI is InChI=1S/C11H11NO4.ClH/c13-9(14)5-7-6-3-1-2-4-8(6)12-10(7)11(15)16;/h1-4,7,10,12H,5H2,(H,13,14)(H,15,16);1H/t7-,10-;/m0./s1. The summed E-state index contributed by atoms with van der Waals surface area (Å²) in [5, 5.41) is 20.6. The maximum Gasteiger partial charge on any atom is 0.326 e. The highest BCUT2D eigenvalue weighted by Gasteiger charge is 2.37. The summed E-state index contributed by atoms with van der Waals surface area (Å²) in [6.45, 7) is 0. The second-order valence-corrected chi connectivity index (χ2v) is 3.75. The molecule has 1 aliphatic rings. The molecule has 0 saturated heterocycles. The molecule has 1 aromatic carbocycles. The van der Waals surface area contributed by atoms with Crippen molar-refractivity contribution in [3.63, 3.8) is 0 Å². The number of anilines is 1. The molecule has 0 unspecified atom stereocenters. The molecule has 1 aromatic rings. The predicted octanol–water partition coefficient (Wildman–Crippen LogP) is 1.55. The van der Waals surface area contributed by atoms with Crippen molar-refractivity contribution in [2.75, 3.05) is 5.32 Å². The fraction of sp³-hybridized carbons (Fsp3) is 0.273. The van der Waals surface area contributed by atoms with Gasteiger partial charge in [0.05, 0.1) is 6.42 Å². The molecule has 2 rings (SSSR count). The molecular formula is C11H12ClNO4. The lowest BCUT2D eigenvalue weighted by molar-refractivity contribution is -0.139. The Morgan fingerprint density at radius 1 is 1.24 bits per heavy atom. The van der Waals surface area contributed by atoms with Crippen molar-refractivity contribution in [3.8, 4) is 0 Å². The van der Waals surface area contributed by atoms with Gasteiger partial charge in [-0.2, -0.15) is 0 Å². The van der Waals surface area contributed by atoms with Crippen LogP contribution in [0.15, 0.2) is 24.3 Å². The zero-order valence-corrected chi connectivity index (χ0v) is 9.61. The Kier molecular flexibility index (Phi) is 3.96. The van der Waals surface area contributed by atoms with Crippen molar-refractivity contribution >= 4 is 30.0 Å². The van der Waals surface area contributed by atoms with Crippen LogP contribution in [0.2, 0.25) is 0 Å². The van der Waals surface area contributed by atoms with Crippen molar-refractivity contribution in [1.82, 2.24) is 0 Å². The Labute approximate surface area is 104 Å². The van der Waals surface area contributed by atoms with Gasteiger partial charge in [0.2, 0.25) is 0 Å². The van der Waals surface area contributed by atoms with Crippen LogP contribution in [-0.4, -0.2) is 28.2 Å². The van der Waals surface area contributed by atoms with Crippen molar-refractivity contribution < 1.29 is 19.8 Å². The van der Waals surface area contributed by atoms with Gasteiger partial charge in [0.1, 0.15) is 6.04 Å². The first kappa shape index (κ1) is 13.3. The number of hydrogen-bond donors (Lipinski definition) is 3. The number of carbonyl (C=O) groups is 2. The van der Waals surface area contributed by atoms with Crippen LogP contribution in [-0.2, 0) is 9.59 Å². The van der Waals surface area contributed by atoms with Gasteiger partial charge in [-0.3, -0.25) is 4.79 Å². The van der Waals surface area contributed by atoms with E-state index in [1.54, 1.807) is 24.3 Å². The molecule has 92 valence electrons. The second-order valence-electron chi connectivity index (χ2n) is 3.75. The smallest absolute Gasteiger partial charge is 0.326 e. The summed E-state index contributed by atoms with van der Waals surface area (Å²) in [6.07, 6.45) is -0.180. The van der Waals surface area contributed by atoms with Crippen LogP contribution in [0.5, 0.6) is 0 Å². The van der Waals surface area contributed by atoms with E-state index in [2.05, 4.69) is 5.32 Å². The maximum absolute atomic E-state index is 11.0. The summed E-state index contributed by atoms with van der Waals surface area (Å²) in [7, 11) is 0. The third kappa shape index (κ3) is 2.50. The highest BCUT2D eigenvalue weighted by Crippen LogP contribution is 2.37. The van der Waals surface area contributed by atoms with E-state index in [0.717, 1.165) is 5.56 Å². The molecule has 1 heterocycles. The Bertz CT molecular complexity index is 449. The van der Waals surface area contributed by atoms with Gasteiger partial charge in [-0.05, 0) is 11.6 Å². The van der Waals surface area contributed by atoms with Crippen LogP contribution in [0.4, 0.5) is 5.69 Å². The van der Waals surface area contributed by atoms with Crippen LogP contribution in [0, 0.1) is 0 Å². The van der Waals surface area contributed by atoms with Crippen LogP contribution in [0.25, 0.3) is 0 Å². The van der Waals surface area contributed by atoms with E-state index in [-0.39, 0.29) is 18.8 Å². The van der Waals surface area contributed by atoms with Gasteiger partial charge in [-0.15, -0.1) is 12.4 Å². The third-order valence-corrected chi connectivity index (χ3v) is 2.73. The molecule has 0 radical (unpaired) electrons. The molecular weight excluding hydrogens is 246 g/mol. The number of fused-ring (bicyclic) bond motifs is 1. The first-order valence-corrected chi connectivity index (χ1v) is 4.89. The van der Waals surface area contributed by atoms with E-state index >= 15 is 0 Å². The van der Waals surface area contributed by atoms with Crippen LogP contribution in [0.3, 0.4) is 0 Å². The molecule has 3 N–H and O–H groups in total. The number of benzene rings is 1. The summed E-state index contributed by atoms with van der Waals surface area (Å²) in [4.78, 5) is 21.7. The average Bonchev–Trinajstić information content (AvgIpc) is 2.57. The van der Waals surface area contributed by atoms with Crippen molar-refractivity contribution in [1.29, 1.82) is 0 Å². The first-order chi connectivity index (χ1) is 7.59. The molecule has 17 heavy (non-hydrogen) atoms. The van der Waals surface area contributed by atoms with E-state index in [9.17, 15) is 9.59 Å². The molecule has 5 nitrogen and oxygen atoms in total. The highest BCUT2D eigenvalue weighted by atomic mass is 35.5. The number of para-hydroxylation sites is 1. The largest absolute Gasteiger partial charge is 0.481 e. The molecule has 0 aliphatic carbocycles. The molecule has 0 fully saturated rings. The topological polar surface area (TPSA) is 86.6 Å². The van der Waals surface area contributed by atoms with E-state index in [1.165, 1.54) is 0 Å². The number of hydrogen-bond acceptors (Lipinski definition) is 3. The molecule has 0 amide bonds. The minimum absolute atomic E-state index is 0. The molecule has 0 bridgehead atoms. The summed E-state index contributed by atoms with van der Waals surface area (Å²) in [5.41, 5.74) is 1.47. The van der Waals surface area contributed by atoms with Gasteiger partial charge in [-0.25, -0.2) is 4.79 Å². The van der Waals surface area contributed by atoms with Gasteiger partial charge < -0.3 is 15.5 Å². The summed E-state index contributed by atoms with van der Waals surface area (Å²) in [6, 6.07) is 6.23. The third-order valence-electron chi connectivity index (χ3n) is 2.73. The quantitative estimate of drug-likeness (QED) is 0.765. The van der Waals surface area contributed by atoms with Crippen molar-refractivity contribution in [3.05, 3.63) is 29.8 Å². The SMILES string of the molecule is Cl.O=C(O)C[C@H]1c2ccccc2N[C@@H]1C(=O)O. The van der Waals surface area contributed by atoms with Gasteiger partial charge in [0, 0.05) is 11.6 Å². The number of rotatable bonds is 3. The van der Waals surface area contributed by atoms with E-state index in [0.29, 0.717) is 5.69 Å². The van der Waals surface area contributed by atoms with Crippen molar-refractivity contribution in [2.45, 2.75) is 18.4 Å². The molecule has 0 saturated carbocycles. The molecule has 0 aromatic heterocycles. The Morgan fingerprint density at radius 3 is 2.47 bits per heavy atom. The molecule has 2 atom stereocenters. The number of carboxylic acid groups (broad SMARTS) is 2. The predicted molar refractivity (Wildman–Crippen MR) is 63.7 cm³/mol. The average molecular weight is 258 g/mol. The van der Waals surface area contributed by atoms with Gasteiger partial charge in [0.25, 0.3) is 0 Å². The molecule has 0 spiro atoms. The lowest BCUT2D eigenvalue weighted by Gasteiger charge is -2.13. The Balaban J connectivity index is 0.00000144. The van der Waals surface area contributed by atoms with Gasteiger partial charge in [-0.1, -0.05) is 18.2 Å². The zero-order chi connectivity index (χ0) is 11.7. The minimum Gasteiger partial charge on any atom is -0.481 e. The fourth-order valence-corrected chi connectivity index (χ4v) is 2.05. The lowest BCUT2D eigenvalue weighted by Crippen LogP contribution is -2.31. The normalized spacial score (nSPS) is 20.9.